The molecule has 2 aliphatic carbocycles. The van der Waals surface area contributed by atoms with Gasteiger partial charge in [0, 0.05) is 11.5 Å². The summed E-state index contributed by atoms with van der Waals surface area (Å²) in [6.45, 7) is 0. The van der Waals surface area contributed by atoms with Gasteiger partial charge < -0.3 is 4.74 Å². The van der Waals surface area contributed by atoms with E-state index in [9.17, 15) is 5.26 Å². The molecular formula is C15H15NO. The number of nitriles is 1. The fraction of sp³-hybridized carbons (Fsp3) is 0.400. The summed E-state index contributed by atoms with van der Waals surface area (Å²) >= 11 is 0. The highest BCUT2D eigenvalue weighted by atomic mass is 16.5. The summed E-state index contributed by atoms with van der Waals surface area (Å²) in [5, 5.41) is 9.67. The SMILES string of the molecule is COc1ccccc1C1(C#N)CC2C=CC1C2. The van der Waals surface area contributed by atoms with E-state index in [1.54, 1.807) is 7.11 Å². The van der Waals surface area contributed by atoms with Gasteiger partial charge >= 0.3 is 0 Å². The zero-order valence-electron chi connectivity index (χ0n) is 9.89. The van der Waals surface area contributed by atoms with Crippen molar-refractivity contribution in [1.29, 1.82) is 5.26 Å². The molecule has 2 bridgehead atoms. The van der Waals surface area contributed by atoms with Crippen LogP contribution in [0.2, 0.25) is 0 Å². The monoisotopic (exact) mass is 225 g/mol. The second-order valence-electron chi connectivity index (χ2n) is 4.97. The van der Waals surface area contributed by atoms with E-state index in [1.165, 1.54) is 0 Å². The largest absolute Gasteiger partial charge is 0.496 e. The van der Waals surface area contributed by atoms with E-state index in [1.807, 2.05) is 24.3 Å². The van der Waals surface area contributed by atoms with Gasteiger partial charge in [0.1, 0.15) is 5.75 Å². The number of benzene rings is 1. The molecule has 0 aliphatic heterocycles. The molecule has 0 saturated heterocycles. The maximum absolute atomic E-state index is 9.67. The van der Waals surface area contributed by atoms with Gasteiger partial charge in [-0.1, -0.05) is 30.4 Å². The smallest absolute Gasteiger partial charge is 0.123 e. The molecule has 0 heterocycles. The van der Waals surface area contributed by atoms with Gasteiger partial charge in [-0.25, -0.2) is 0 Å². The predicted octanol–water partition coefficient (Wildman–Crippen LogP) is 3.05. The van der Waals surface area contributed by atoms with Gasteiger partial charge in [-0.2, -0.15) is 5.26 Å². The molecule has 2 aliphatic rings. The van der Waals surface area contributed by atoms with Gasteiger partial charge in [-0.05, 0) is 24.8 Å². The zero-order valence-corrected chi connectivity index (χ0v) is 9.89. The van der Waals surface area contributed by atoms with Gasteiger partial charge in [-0.3, -0.25) is 0 Å². The molecule has 0 radical (unpaired) electrons. The lowest BCUT2D eigenvalue weighted by Gasteiger charge is -2.30. The van der Waals surface area contributed by atoms with E-state index in [4.69, 9.17) is 4.74 Å². The number of nitrogens with zero attached hydrogens (tertiary/aromatic N) is 1. The van der Waals surface area contributed by atoms with Crippen LogP contribution in [0.15, 0.2) is 36.4 Å². The Morgan fingerprint density at radius 2 is 2.18 bits per heavy atom. The molecule has 2 heteroatoms. The topological polar surface area (TPSA) is 33.0 Å². The molecule has 1 aromatic rings. The molecule has 86 valence electrons. The summed E-state index contributed by atoms with van der Waals surface area (Å²) in [6.07, 6.45) is 6.52. The first kappa shape index (κ1) is 10.4. The maximum atomic E-state index is 9.67. The first-order valence-electron chi connectivity index (χ1n) is 6.03. The van der Waals surface area contributed by atoms with E-state index in [-0.39, 0.29) is 5.41 Å². The number of rotatable bonds is 2. The van der Waals surface area contributed by atoms with Gasteiger partial charge in [-0.15, -0.1) is 0 Å². The van der Waals surface area contributed by atoms with E-state index in [0.717, 1.165) is 24.2 Å². The summed E-state index contributed by atoms with van der Waals surface area (Å²) in [4.78, 5) is 0. The quantitative estimate of drug-likeness (QED) is 0.725. The fourth-order valence-corrected chi connectivity index (χ4v) is 3.37. The van der Waals surface area contributed by atoms with Crippen LogP contribution in [0.1, 0.15) is 18.4 Å². The minimum atomic E-state index is -0.369. The van der Waals surface area contributed by atoms with Crippen molar-refractivity contribution in [3.05, 3.63) is 42.0 Å². The van der Waals surface area contributed by atoms with Crippen LogP contribution in [-0.4, -0.2) is 7.11 Å². The van der Waals surface area contributed by atoms with Gasteiger partial charge in [0.2, 0.25) is 0 Å². The van der Waals surface area contributed by atoms with Gasteiger partial charge in [0.15, 0.2) is 0 Å². The first-order chi connectivity index (χ1) is 8.30. The number of fused-ring (bicyclic) bond motifs is 2. The summed E-state index contributed by atoms with van der Waals surface area (Å²) in [6, 6.07) is 10.5. The van der Waals surface area contributed by atoms with Crippen molar-refractivity contribution in [2.75, 3.05) is 7.11 Å². The second-order valence-corrected chi connectivity index (χ2v) is 4.97. The van der Waals surface area contributed by atoms with Crippen molar-refractivity contribution in [1.82, 2.24) is 0 Å². The molecular weight excluding hydrogens is 210 g/mol. The van der Waals surface area contributed by atoms with E-state index >= 15 is 0 Å². The molecule has 0 spiro atoms. The highest BCUT2D eigenvalue weighted by Gasteiger charge is 2.51. The Kier molecular flexibility index (Phi) is 2.22. The van der Waals surface area contributed by atoms with Crippen molar-refractivity contribution in [3.8, 4) is 11.8 Å². The molecule has 2 nitrogen and oxygen atoms in total. The summed E-state index contributed by atoms with van der Waals surface area (Å²) in [5.41, 5.74) is 0.688. The Bertz CT molecular complexity index is 514. The van der Waals surface area contributed by atoms with Crippen molar-refractivity contribution in [2.45, 2.75) is 18.3 Å². The van der Waals surface area contributed by atoms with Crippen molar-refractivity contribution < 1.29 is 4.74 Å². The van der Waals surface area contributed by atoms with Crippen molar-refractivity contribution in [3.63, 3.8) is 0 Å². The van der Waals surface area contributed by atoms with Crippen LogP contribution in [0.3, 0.4) is 0 Å². The number of hydrogen-bond donors (Lipinski definition) is 0. The Balaban J connectivity index is 2.13. The molecule has 17 heavy (non-hydrogen) atoms. The summed E-state index contributed by atoms with van der Waals surface area (Å²) < 4.78 is 5.42. The van der Waals surface area contributed by atoms with Crippen molar-refractivity contribution >= 4 is 0 Å². The van der Waals surface area contributed by atoms with Crippen LogP contribution < -0.4 is 4.74 Å². The van der Waals surface area contributed by atoms with Crippen molar-refractivity contribution in [2.24, 2.45) is 11.8 Å². The van der Waals surface area contributed by atoms with E-state index < -0.39 is 0 Å². The Hall–Kier alpha value is -1.75. The fourth-order valence-electron chi connectivity index (χ4n) is 3.37. The third-order valence-electron chi connectivity index (χ3n) is 4.18. The molecule has 1 saturated carbocycles. The number of allylic oxidation sites excluding steroid dienone is 2. The maximum Gasteiger partial charge on any atom is 0.123 e. The molecule has 3 atom stereocenters. The molecule has 0 N–H and O–H groups in total. The van der Waals surface area contributed by atoms with E-state index in [2.05, 4.69) is 18.2 Å². The zero-order chi connectivity index (χ0) is 11.9. The Labute approximate surface area is 102 Å². The molecule has 1 fully saturated rings. The normalized spacial score (nSPS) is 33.6. The predicted molar refractivity (Wildman–Crippen MR) is 65.6 cm³/mol. The second kappa shape index (κ2) is 3.63. The average molecular weight is 225 g/mol. The van der Waals surface area contributed by atoms with Crippen LogP contribution in [0, 0.1) is 23.2 Å². The molecule has 0 aromatic heterocycles. The number of methoxy groups -OCH3 is 1. The highest BCUT2D eigenvalue weighted by Crippen LogP contribution is 2.54. The number of hydrogen-bond acceptors (Lipinski definition) is 2. The van der Waals surface area contributed by atoms with Crippen LogP contribution in [0.5, 0.6) is 5.75 Å². The molecule has 3 unspecified atom stereocenters. The minimum Gasteiger partial charge on any atom is -0.496 e. The summed E-state index contributed by atoms with van der Waals surface area (Å²) in [7, 11) is 1.67. The van der Waals surface area contributed by atoms with Crippen LogP contribution >= 0.6 is 0 Å². The van der Waals surface area contributed by atoms with Crippen LogP contribution in [-0.2, 0) is 5.41 Å². The Morgan fingerprint density at radius 3 is 2.76 bits per heavy atom. The molecule has 3 rings (SSSR count). The number of para-hydroxylation sites is 1. The van der Waals surface area contributed by atoms with Gasteiger partial charge in [0.05, 0.1) is 18.6 Å². The van der Waals surface area contributed by atoms with Crippen LogP contribution in [0.25, 0.3) is 0 Å². The highest BCUT2D eigenvalue weighted by molar-refractivity contribution is 5.48. The lowest BCUT2D eigenvalue weighted by Crippen LogP contribution is -2.29. The number of ether oxygens (including phenoxy) is 1. The third-order valence-corrected chi connectivity index (χ3v) is 4.18. The lowest BCUT2D eigenvalue weighted by molar-refractivity contribution is 0.382. The standard InChI is InChI=1S/C15H15NO/c1-17-14-5-3-2-4-13(14)15(10-16)9-11-6-7-12(15)8-11/h2-7,11-12H,8-9H2,1H3. The van der Waals surface area contributed by atoms with E-state index in [0.29, 0.717) is 11.8 Å². The summed E-state index contributed by atoms with van der Waals surface area (Å²) in [5.74, 6) is 1.77. The Morgan fingerprint density at radius 1 is 1.35 bits per heavy atom. The first-order valence-corrected chi connectivity index (χ1v) is 6.03. The molecule has 0 amide bonds. The average Bonchev–Trinajstić information content (AvgIpc) is 2.99. The minimum absolute atomic E-state index is 0.355. The lowest BCUT2D eigenvalue weighted by atomic mass is 9.71. The molecule has 1 aromatic carbocycles. The van der Waals surface area contributed by atoms with Crippen LogP contribution in [0.4, 0.5) is 0 Å². The third kappa shape index (κ3) is 1.32. The van der Waals surface area contributed by atoms with Gasteiger partial charge in [0.25, 0.3) is 0 Å².